The Balaban J connectivity index is 1.47. The molecule has 0 spiro atoms. The Morgan fingerprint density at radius 2 is 1.84 bits per heavy atom. The van der Waals surface area contributed by atoms with Gasteiger partial charge >= 0.3 is 0 Å². The number of methoxy groups -OCH3 is 1. The lowest BCUT2D eigenvalue weighted by Crippen LogP contribution is -2.38. The van der Waals surface area contributed by atoms with Crippen LogP contribution in [0.15, 0.2) is 48.5 Å². The van der Waals surface area contributed by atoms with Crippen LogP contribution in [0.3, 0.4) is 0 Å². The van der Waals surface area contributed by atoms with E-state index in [0.29, 0.717) is 5.92 Å². The Kier molecular flexibility index (Phi) is 5.75. The van der Waals surface area contributed by atoms with Crippen LogP contribution < -0.4 is 4.74 Å². The van der Waals surface area contributed by atoms with E-state index in [1.807, 2.05) is 48.2 Å². The van der Waals surface area contributed by atoms with E-state index in [9.17, 15) is 4.79 Å². The highest BCUT2D eigenvalue weighted by Gasteiger charge is 2.23. The van der Waals surface area contributed by atoms with E-state index in [1.54, 1.807) is 7.11 Å². The monoisotopic (exact) mass is 337 g/mol. The number of benzene rings is 2. The number of aryl methyl sites for hydroxylation is 2. The van der Waals surface area contributed by atoms with Gasteiger partial charge in [-0.05, 0) is 68.4 Å². The van der Waals surface area contributed by atoms with Gasteiger partial charge < -0.3 is 9.64 Å². The standard InChI is InChI=1S/C22H27NO2/c1-17-4-3-5-20(16-17)22(24)23-14-12-19(13-15-23)7-6-18-8-10-21(25-2)11-9-18/h3-5,8-11,16,19H,6-7,12-15H2,1-2H3. The molecule has 3 rings (SSSR count). The van der Waals surface area contributed by atoms with Crippen molar-refractivity contribution in [1.82, 2.24) is 4.90 Å². The van der Waals surface area contributed by atoms with Crippen molar-refractivity contribution in [3.05, 3.63) is 65.2 Å². The van der Waals surface area contributed by atoms with Crippen molar-refractivity contribution in [3.63, 3.8) is 0 Å². The van der Waals surface area contributed by atoms with Crippen molar-refractivity contribution < 1.29 is 9.53 Å². The molecule has 3 nitrogen and oxygen atoms in total. The average Bonchev–Trinajstić information content (AvgIpc) is 2.66. The molecule has 132 valence electrons. The van der Waals surface area contributed by atoms with Crippen molar-refractivity contribution in [2.75, 3.05) is 20.2 Å². The molecule has 0 N–H and O–H groups in total. The smallest absolute Gasteiger partial charge is 0.253 e. The highest BCUT2D eigenvalue weighted by atomic mass is 16.5. The molecule has 2 aromatic rings. The third kappa shape index (κ3) is 4.62. The minimum Gasteiger partial charge on any atom is -0.497 e. The van der Waals surface area contributed by atoms with E-state index >= 15 is 0 Å². The van der Waals surface area contributed by atoms with E-state index in [-0.39, 0.29) is 5.91 Å². The SMILES string of the molecule is COc1ccc(CCC2CCN(C(=O)c3cccc(C)c3)CC2)cc1. The second kappa shape index (κ2) is 8.19. The molecule has 0 aromatic heterocycles. The molecule has 0 aliphatic carbocycles. The number of hydrogen-bond acceptors (Lipinski definition) is 2. The molecule has 3 heteroatoms. The number of piperidine rings is 1. The minimum absolute atomic E-state index is 0.178. The first-order chi connectivity index (χ1) is 12.2. The molecule has 1 fully saturated rings. The molecule has 0 radical (unpaired) electrons. The molecule has 2 aromatic carbocycles. The van der Waals surface area contributed by atoms with Gasteiger partial charge in [0.2, 0.25) is 0 Å². The topological polar surface area (TPSA) is 29.5 Å². The summed E-state index contributed by atoms with van der Waals surface area (Å²) in [6, 6.07) is 16.2. The number of rotatable bonds is 5. The number of likely N-dealkylation sites (tertiary alicyclic amines) is 1. The van der Waals surface area contributed by atoms with Crippen molar-refractivity contribution in [2.45, 2.75) is 32.6 Å². The maximum atomic E-state index is 12.6. The molecule has 1 heterocycles. The Morgan fingerprint density at radius 3 is 2.48 bits per heavy atom. The molecule has 1 amide bonds. The maximum absolute atomic E-state index is 12.6. The molecule has 0 unspecified atom stereocenters. The van der Waals surface area contributed by atoms with Crippen LogP contribution in [0.5, 0.6) is 5.75 Å². The van der Waals surface area contributed by atoms with Gasteiger partial charge in [-0.1, -0.05) is 29.8 Å². The van der Waals surface area contributed by atoms with Gasteiger partial charge in [-0.25, -0.2) is 0 Å². The number of carbonyl (C=O) groups is 1. The van der Waals surface area contributed by atoms with E-state index < -0.39 is 0 Å². The number of hydrogen-bond donors (Lipinski definition) is 0. The van der Waals surface area contributed by atoms with E-state index in [4.69, 9.17) is 4.74 Å². The third-order valence-electron chi connectivity index (χ3n) is 5.17. The summed E-state index contributed by atoms with van der Waals surface area (Å²) >= 11 is 0. The summed E-state index contributed by atoms with van der Waals surface area (Å²) in [5.41, 5.74) is 3.32. The molecule has 0 bridgehead atoms. The Morgan fingerprint density at radius 1 is 1.12 bits per heavy atom. The molecule has 0 saturated carbocycles. The van der Waals surface area contributed by atoms with Crippen LogP contribution in [0.4, 0.5) is 0 Å². The van der Waals surface area contributed by atoms with Crippen LogP contribution in [0.1, 0.15) is 40.7 Å². The fraction of sp³-hybridized carbons (Fsp3) is 0.409. The van der Waals surface area contributed by atoms with Gasteiger partial charge in [0.1, 0.15) is 5.75 Å². The van der Waals surface area contributed by atoms with Gasteiger partial charge in [0.05, 0.1) is 7.11 Å². The molecule has 1 saturated heterocycles. The van der Waals surface area contributed by atoms with Crippen LogP contribution in [0, 0.1) is 12.8 Å². The summed E-state index contributed by atoms with van der Waals surface area (Å²) in [7, 11) is 1.70. The quantitative estimate of drug-likeness (QED) is 0.804. The lowest BCUT2D eigenvalue weighted by atomic mass is 9.90. The first-order valence-electron chi connectivity index (χ1n) is 9.14. The maximum Gasteiger partial charge on any atom is 0.253 e. The van der Waals surface area contributed by atoms with Crippen molar-refractivity contribution in [1.29, 1.82) is 0 Å². The summed E-state index contributed by atoms with van der Waals surface area (Å²) in [5.74, 6) is 1.80. The van der Waals surface area contributed by atoms with Crippen molar-refractivity contribution in [3.8, 4) is 5.75 Å². The van der Waals surface area contributed by atoms with Crippen molar-refractivity contribution in [2.24, 2.45) is 5.92 Å². The first-order valence-corrected chi connectivity index (χ1v) is 9.14. The summed E-state index contributed by atoms with van der Waals surface area (Å²) in [4.78, 5) is 14.6. The van der Waals surface area contributed by atoms with E-state index in [0.717, 1.165) is 49.2 Å². The van der Waals surface area contributed by atoms with Gasteiger partial charge in [-0.3, -0.25) is 4.79 Å². The van der Waals surface area contributed by atoms with Gasteiger partial charge in [0.25, 0.3) is 5.91 Å². The molecular formula is C22H27NO2. The Bertz CT molecular complexity index is 700. The number of nitrogens with zero attached hydrogens (tertiary/aromatic N) is 1. The molecule has 0 atom stereocenters. The third-order valence-corrected chi connectivity index (χ3v) is 5.17. The number of carbonyl (C=O) groups excluding carboxylic acids is 1. The van der Waals surface area contributed by atoms with Crippen LogP contribution in [0.2, 0.25) is 0 Å². The van der Waals surface area contributed by atoms with Crippen LogP contribution in [-0.4, -0.2) is 31.0 Å². The number of ether oxygens (including phenoxy) is 1. The molecular weight excluding hydrogens is 310 g/mol. The minimum atomic E-state index is 0.178. The molecule has 1 aliphatic heterocycles. The second-order valence-corrected chi connectivity index (χ2v) is 6.99. The summed E-state index contributed by atoms with van der Waals surface area (Å²) in [6.07, 6.45) is 4.50. The van der Waals surface area contributed by atoms with E-state index in [1.165, 1.54) is 12.0 Å². The zero-order valence-electron chi connectivity index (χ0n) is 15.2. The highest BCUT2D eigenvalue weighted by Crippen LogP contribution is 2.24. The largest absolute Gasteiger partial charge is 0.497 e. The second-order valence-electron chi connectivity index (χ2n) is 6.99. The highest BCUT2D eigenvalue weighted by molar-refractivity contribution is 5.94. The normalized spacial score (nSPS) is 15.2. The summed E-state index contributed by atoms with van der Waals surface area (Å²) in [5, 5.41) is 0. The van der Waals surface area contributed by atoms with Crippen LogP contribution >= 0.6 is 0 Å². The lowest BCUT2D eigenvalue weighted by molar-refractivity contribution is 0.0687. The Hall–Kier alpha value is -2.29. The Labute approximate surface area is 150 Å². The van der Waals surface area contributed by atoms with Gasteiger partial charge in [-0.15, -0.1) is 0 Å². The summed E-state index contributed by atoms with van der Waals surface area (Å²) in [6.45, 7) is 3.78. The van der Waals surface area contributed by atoms with Gasteiger partial charge in [0, 0.05) is 18.7 Å². The zero-order valence-corrected chi connectivity index (χ0v) is 15.2. The van der Waals surface area contributed by atoms with Crippen molar-refractivity contribution >= 4 is 5.91 Å². The van der Waals surface area contributed by atoms with E-state index in [2.05, 4.69) is 12.1 Å². The predicted molar refractivity (Wildman–Crippen MR) is 101 cm³/mol. The first kappa shape index (κ1) is 17.5. The predicted octanol–water partition coefficient (Wildman–Crippen LogP) is 4.49. The molecule has 1 aliphatic rings. The molecule has 25 heavy (non-hydrogen) atoms. The van der Waals surface area contributed by atoms with Crippen LogP contribution in [-0.2, 0) is 6.42 Å². The van der Waals surface area contributed by atoms with Crippen LogP contribution in [0.25, 0.3) is 0 Å². The lowest BCUT2D eigenvalue weighted by Gasteiger charge is -2.32. The fourth-order valence-corrected chi connectivity index (χ4v) is 3.55. The van der Waals surface area contributed by atoms with Gasteiger partial charge in [-0.2, -0.15) is 0 Å². The van der Waals surface area contributed by atoms with Gasteiger partial charge in [0.15, 0.2) is 0 Å². The summed E-state index contributed by atoms with van der Waals surface area (Å²) < 4.78 is 5.20. The fourth-order valence-electron chi connectivity index (χ4n) is 3.55. The zero-order chi connectivity index (χ0) is 17.6. The number of amides is 1. The average molecular weight is 337 g/mol.